The molecule has 0 spiro atoms. The van der Waals surface area contributed by atoms with Gasteiger partial charge in [0.2, 0.25) is 0 Å². The molecule has 1 aromatic carbocycles. The second-order valence-corrected chi connectivity index (χ2v) is 4.87. The van der Waals surface area contributed by atoms with Gasteiger partial charge in [-0.15, -0.1) is 0 Å². The fourth-order valence-corrected chi connectivity index (χ4v) is 2.38. The number of amides is 1. The summed E-state index contributed by atoms with van der Waals surface area (Å²) >= 11 is 12.9. The van der Waals surface area contributed by atoms with Crippen LogP contribution in [0.2, 0.25) is 10.0 Å². The van der Waals surface area contributed by atoms with Crippen LogP contribution in [0, 0.1) is 0 Å². The Hall–Kier alpha value is -1.23. The summed E-state index contributed by atoms with van der Waals surface area (Å²) in [5.41, 5.74) is 0.712. The standard InChI is InChI=1S/C11H7Cl2NO2S/c12-7-3-8(13)10(15)9(4-7)14-11(16)6-1-2-17-5-6/h1-5,15H,(H,14,16). The average Bonchev–Trinajstić information content (AvgIpc) is 2.78. The van der Waals surface area contributed by atoms with Gasteiger partial charge in [-0.1, -0.05) is 23.2 Å². The largest absolute Gasteiger partial charge is 0.504 e. The molecule has 0 unspecified atom stereocenters. The summed E-state index contributed by atoms with van der Waals surface area (Å²) in [5.74, 6) is -0.514. The highest BCUT2D eigenvalue weighted by molar-refractivity contribution is 7.08. The van der Waals surface area contributed by atoms with E-state index in [0.717, 1.165) is 0 Å². The number of aromatic hydroxyl groups is 1. The minimum atomic E-state index is -0.320. The highest BCUT2D eigenvalue weighted by Crippen LogP contribution is 2.35. The van der Waals surface area contributed by atoms with E-state index in [-0.39, 0.29) is 22.4 Å². The summed E-state index contributed by atoms with van der Waals surface area (Å²) in [6.45, 7) is 0. The van der Waals surface area contributed by atoms with Crippen LogP contribution in [0.15, 0.2) is 29.0 Å². The zero-order valence-corrected chi connectivity index (χ0v) is 10.7. The Morgan fingerprint density at radius 3 is 2.76 bits per heavy atom. The predicted octanol–water partition coefficient (Wildman–Crippen LogP) is 4.01. The van der Waals surface area contributed by atoms with Crippen LogP contribution >= 0.6 is 34.5 Å². The lowest BCUT2D eigenvalue weighted by molar-refractivity contribution is 0.102. The molecule has 6 heteroatoms. The maximum absolute atomic E-state index is 11.7. The van der Waals surface area contributed by atoms with Crippen LogP contribution in [-0.4, -0.2) is 11.0 Å². The molecular weight excluding hydrogens is 281 g/mol. The third kappa shape index (κ3) is 2.72. The minimum absolute atomic E-state index is 0.0955. The van der Waals surface area contributed by atoms with Crippen LogP contribution in [0.5, 0.6) is 5.75 Å². The van der Waals surface area contributed by atoms with E-state index in [1.54, 1.807) is 16.8 Å². The Morgan fingerprint density at radius 1 is 1.35 bits per heavy atom. The number of nitrogens with one attached hydrogen (secondary N) is 1. The number of rotatable bonds is 2. The molecule has 0 radical (unpaired) electrons. The first-order valence-corrected chi connectivity index (χ1v) is 6.29. The maximum Gasteiger partial charge on any atom is 0.256 e. The topological polar surface area (TPSA) is 49.3 Å². The molecule has 1 amide bonds. The van der Waals surface area contributed by atoms with Crippen molar-refractivity contribution < 1.29 is 9.90 Å². The van der Waals surface area contributed by atoms with E-state index in [1.165, 1.54) is 23.5 Å². The molecule has 1 aromatic heterocycles. The molecule has 0 saturated heterocycles. The average molecular weight is 288 g/mol. The van der Waals surface area contributed by atoms with Crippen LogP contribution in [0.3, 0.4) is 0 Å². The van der Waals surface area contributed by atoms with Gasteiger partial charge in [0.25, 0.3) is 5.91 Å². The second-order valence-electron chi connectivity index (χ2n) is 3.25. The van der Waals surface area contributed by atoms with Crippen LogP contribution in [0.1, 0.15) is 10.4 Å². The molecule has 2 rings (SSSR count). The van der Waals surface area contributed by atoms with Gasteiger partial charge in [-0.2, -0.15) is 11.3 Å². The number of anilines is 1. The highest BCUT2D eigenvalue weighted by Gasteiger charge is 2.12. The van der Waals surface area contributed by atoms with Gasteiger partial charge in [0.1, 0.15) is 0 Å². The summed E-state index contributed by atoms with van der Waals surface area (Å²) in [7, 11) is 0. The summed E-state index contributed by atoms with van der Waals surface area (Å²) < 4.78 is 0. The lowest BCUT2D eigenvalue weighted by atomic mass is 10.2. The van der Waals surface area contributed by atoms with Gasteiger partial charge in [0.15, 0.2) is 5.75 Å². The molecule has 0 atom stereocenters. The van der Waals surface area contributed by atoms with Gasteiger partial charge in [-0.05, 0) is 23.6 Å². The quantitative estimate of drug-likeness (QED) is 0.820. The minimum Gasteiger partial charge on any atom is -0.504 e. The highest BCUT2D eigenvalue weighted by atomic mass is 35.5. The van der Waals surface area contributed by atoms with E-state index in [0.29, 0.717) is 10.6 Å². The molecule has 0 saturated carbocycles. The smallest absolute Gasteiger partial charge is 0.256 e. The van der Waals surface area contributed by atoms with E-state index in [4.69, 9.17) is 23.2 Å². The van der Waals surface area contributed by atoms with Crippen molar-refractivity contribution in [2.75, 3.05) is 5.32 Å². The van der Waals surface area contributed by atoms with Crippen molar-refractivity contribution in [1.82, 2.24) is 0 Å². The predicted molar refractivity (Wildman–Crippen MR) is 70.4 cm³/mol. The van der Waals surface area contributed by atoms with Gasteiger partial charge in [-0.3, -0.25) is 4.79 Å². The normalized spacial score (nSPS) is 10.2. The van der Waals surface area contributed by atoms with Crippen LogP contribution in [0.25, 0.3) is 0 Å². The molecule has 0 aliphatic heterocycles. The van der Waals surface area contributed by atoms with Crippen molar-refractivity contribution in [2.24, 2.45) is 0 Å². The third-order valence-corrected chi connectivity index (χ3v) is 3.25. The summed E-state index contributed by atoms with van der Waals surface area (Å²) in [5, 5.41) is 16.1. The Labute approximate surface area is 112 Å². The van der Waals surface area contributed by atoms with Crippen molar-refractivity contribution in [1.29, 1.82) is 0 Å². The molecule has 0 aliphatic carbocycles. The Kier molecular flexibility index (Phi) is 3.57. The first-order chi connectivity index (χ1) is 8.08. The van der Waals surface area contributed by atoms with Crippen molar-refractivity contribution in [3.8, 4) is 5.75 Å². The molecule has 2 aromatic rings. The van der Waals surface area contributed by atoms with Crippen molar-refractivity contribution in [3.63, 3.8) is 0 Å². The Balaban J connectivity index is 2.28. The number of halogens is 2. The zero-order valence-electron chi connectivity index (χ0n) is 8.41. The number of carbonyl (C=O) groups excluding carboxylic acids is 1. The first kappa shape index (κ1) is 12.2. The Bertz CT molecular complexity index is 555. The monoisotopic (exact) mass is 287 g/mol. The number of hydrogen-bond donors (Lipinski definition) is 2. The first-order valence-electron chi connectivity index (χ1n) is 4.59. The number of carbonyl (C=O) groups is 1. The van der Waals surface area contributed by atoms with Gasteiger partial charge in [0, 0.05) is 10.4 Å². The maximum atomic E-state index is 11.7. The summed E-state index contributed by atoms with van der Waals surface area (Å²) in [6, 6.07) is 4.52. The fraction of sp³-hybridized carbons (Fsp3) is 0. The molecule has 0 bridgehead atoms. The third-order valence-electron chi connectivity index (χ3n) is 2.06. The van der Waals surface area contributed by atoms with Crippen molar-refractivity contribution in [3.05, 3.63) is 44.6 Å². The number of phenolic OH excluding ortho intramolecular Hbond substituents is 1. The molecule has 2 N–H and O–H groups in total. The fourth-order valence-electron chi connectivity index (χ4n) is 1.25. The van der Waals surface area contributed by atoms with Gasteiger partial charge in [0.05, 0.1) is 16.3 Å². The van der Waals surface area contributed by atoms with E-state index < -0.39 is 0 Å². The molecule has 17 heavy (non-hydrogen) atoms. The van der Waals surface area contributed by atoms with E-state index in [9.17, 15) is 9.90 Å². The van der Waals surface area contributed by atoms with Gasteiger partial charge < -0.3 is 10.4 Å². The van der Waals surface area contributed by atoms with Crippen LogP contribution < -0.4 is 5.32 Å². The molecule has 88 valence electrons. The molecule has 0 aliphatic rings. The van der Waals surface area contributed by atoms with Crippen molar-refractivity contribution >= 4 is 46.1 Å². The zero-order chi connectivity index (χ0) is 12.4. The number of phenols is 1. The summed E-state index contributed by atoms with van der Waals surface area (Å²) in [4.78, 5) is 11.7. The molecule has 0 fully saturated rings. The van der Waals surface area contributed by atoms with Crippen LogP contribution in [0.4, 0.5) is 5.69 Å². The van der Waals surface area contributed by atoms with Crippen molar-refractivity contribution in [2.45, 2.75) is 0 Å². The number of thiophene rings is 1. The van der Waals surface area contributed by atoms with E-state index in [2.05, 4.69) is 5.32 Å². The lowest BCUT2D eigenvalue weighted by Gasteiger charge is -2.08. The SMILES string of the molecule is O=C(Nc1cc(Cl)cc(Cl)c1O)c1ccsc1. The Morgan fingerprint density at radius 2 is 2.12 bits per heavy atom. The van der Waals surface area contributed by atoms with Gasteiger partial charge in [-0.25, -0.2) is 0 Å². The van der Waals surface area contributed by atoms with E-state index in [1.807, 2.05) is 0 Å². The summed E-state index contributed by atoms with van der Waals surface area (Å²) in [6.07, 6.45) is 0. The van der Waals surface area contributed by atoms with Crippen LogP contribution in [-0.2, 0) is 0 Å². The second kappa shape index (κ2) is 4.96. The van der Waals surface area contributed by atoms with Gasteiger partial charge >= 0.3 is 0 Å². The number of hydrogen-bond acceptors (Lipinski definition) is 3. The lowest BCUT2D eigenvalue weighted by Crippen LogP contribution is -2.10. The number of benzene rings is 1. The van der Waals surface area contributed by atoms with E-state index >= 15 is 0 Å². The molecule has 3 nitrogen and oxygen atoms in total. The molecular formula is C11H7Cl2NO2S. The molecule has 1 heterocycles.